The molecule has 0 spiro atoms. The zero-order valence-corrected chi connectivity index (χ0v) is 40.3. The second kappa shape index (κ2) is 18.5. The van der Waals surface area contributed by atoms with Gasteiger partial charge in [-0.2, -0.15) is 0 Å². The van der Waals surface area contributed by atoms with E-state index < -0.39 is 0 Å². The Bertz CT molecular complexity index is 3250. The van der Waals surface area contributed by atoms with E-state index in [-0.39, 0.29) is 5.41 Å². The fourth-order valence-electron chi connectivity index (χ4n) is 10.1. The zero-order valence-electron chi connectivity index (χ0n) is 40.3. The highest BCUT2D eigenvalue weighted by molar-refractivity contribution is 6.10. The van der Waals surface area contributed by atoms with Gasteiger partial charge >= 0.3 is 0 Å². The van der Waals surface area contributed by atoms with Crippen LogP contribution >= 0.6 is 0 Å². The van der Waals surface area contributed by atoms with Gasteiger partial charge in [0.25, 0.3) is 0 Å². The number of benzene rings is 9. The molecule has 9 aromatic carbocycles. The first-order chi connectivity index (χ1) is 31.9. The van der Waals surface area contributed by atoms with Crippen LogP contribution in [-0.4, -0.2) is 0 Å². The highest BCUT2D eigenvalue weighted by atomic mass is 15.1. The van der Waals surface area contributed by atoms with Crippen molar-refractivity contribution >= 4 is 44.2 Å². The van der Waals surface area contributed by atoms with Crippen molar-refractivity contribution < 1.29 is 0 Å². The fraction of sp³-hybridized carbons (Fsp3) is 0.200. The quantitative estimate of drug-likeness (QED) is 0.167. The van der Waals surface area contributed by atoms with Gasteiger partial charge in [-0.15, -0.1) is 0 Å². The Labute approximate surface area is 394 Å². The lowest BCUT2D eigenvalue weighted by atomic mass is 9.80. The van der Waals surface area contributed by atoms with Crippen LogP contribution in [0.2, 0.25) is 0 Å². The molecule has 0 bridgehead atoms. The molecule has 0 saturated heterocycles. The number of rotatable bonds is 5. The molecule has 328 valence electrons. The first-order valence-corrected chi connectivity index (χ1v) is 23.9. The minimum Gasteiger partial charge on any atom is -0.310 e. The lowest BCUT2D eigenvalue weighted by Crippen LogP contribution is -2.17. The average Bonchev–Trinajstić information content (AvgIpc) is 3.47. The van der Waals surface area contributed by atoms with E-state index in [1.807, 2.05) is 0 Å². The van der Waals surface area contributed by atoms with Crippen LogP contribution in [0.15, 0.2) is 188 Å². The minimum atomic E-state index is -0.0985. The number of para-hydroxylation sites is 1. The summed E-state index contributed by atoms with van der Waals surface area (Å²) in [6.07, 6.45) is 4.52. The Morgan fingerprint density at radius 2 is 1.17 bits per heavy atom. The van der Waals surface area contributed by atoms with Gasteiger partial charge in [-0.25, -0.2) is 0 Å². The van der Waals surface area contributed by atoms with Gasteiger partial charge < -0.3 is 4.90 Å². The van der Waals surface area contributed by atoms with Gasteiger partial charge in [-0.05, 0) is 167 Å². The van der Waals surface area contributed by atoms with Crippen molar-refractivity contribution in [2.24, 2.45) is 0 Å². The van der Waals surface area contributed by atoms with E-state index in [9.17, 15) is 0 Å². The molecule has 0 aliphatic heterocycles. The maximum absolute atomic E-state index is 2.48. The fourth-order valence-corrected chi connectivity index (χ4v) is 10.1. The molecule has 0 fully saturated rings. The largest absolute Gasteiger partial charge is 0.310 e. The van der Waals surface area contributed by atoms with E-state index in [0.717, 1.165) is 18.5 Å². The molecule has 1 unspecified atom stereocenters. The summed E-state index contributed by atoms with van der Waals surface area (Å²) in [5.41, 5.74) is 22.9. The molecule has 2 aliphatic carbocycles. The number of hydrogen-bond donors (Lipinski definition) is 0. The third kappa shape index (κ3) is 8.52. The van der Waals surface area contributed by atoms with E-state index in [4.69, 9.17) is 0 Å². The number of aryl methyl sites for hydroxylation is 4. The Kier molecular flexibility index (Phi) is 12.4. The maximum atomic E-state index is 2.48. The summed E-state index contributed by atoms with van der Waals surface area (Å²) >= 11 is 0. The molecule has 1 heteroatoms. The van der Waals surface area contributed by atoms with E-state index in [1.54, 1.807) is 0 Å². The van der Waals surface area contributed by atoms with Gasteiger partial charge in [0.15, 0.2) is 0 Å². The van der Waals surface area contributed by atoms with Crippen LogP contribution < -0.4 is 4.90 Å². The molecule has 2 aliphatic rings. The van der Waals surface area contributed by atoms with Crippen LogP contribution in [0, 0.1) is 27.7 Å². The summed E-state index contributed by atoms with van der Waals surface area (Å²) in [6, 6.07) is 66.9. The third-order valence-corrected chi connectivity index (χ3v) is 14.3. The molecule has 1 nitrogen and oxygen atoms in total. The Balaban J connectivity index is 0.000000171. The van der Waals surface area contributed by atoms with Crippen molar-refractivity contribution in [2.75, 3.05) is 4.90 Å². The summed E-state index contributed by atoms with van der Waals surface area (Å²) in [4.78, 5) is 2.44. The number of anilines is 3. The topological polar surface area (TPSA) is 3.24 Å². The van der Waals surface area contributed by atoms with Crippen LogP contribution in [0.4, 0.5) is 17.1 Å². The van der Waals surface area contributed by atoms with E-state index in [1.165, 1.54) is 111 Å². The van der Waals surface area contributed by atoms with Crippen LogP contribution in [-0.2, 0) is 11.8 Å². The summed E-state index contributed by atoms with van der Waals surface area (Å²) in [7, 11) is 0. The predicted octanol–water partition coefficient (Wildman–Crippen LogP) is 18.5. The predicted molar refractivity (Wildman–Crippen MR) is 287 cm³/mol. The lowest BCUT2D eigenvalue weighted by Gasteiger charge is -2.30. The number of fused-ring (bicyclic) bond motifs is 9. The monoisotopic (exact) mass is 857 g/mol. The number of hydrogen-bond acceptors (Lipinski definition) is 1. The summed E-state index contributed by atoms with van der Waals surface area (Å²) in [5.74, 6) is 0.554. The van der Waals surface area contributed by atoms with E-state index in [2.05, 4.69) is 255 Å². The normalized spacial score (nSPS) is 13.4. The Morgan fingerprint density at radius 1 is 0.500 bits per heavy atom. The van der Waals surface area contributed by atoms with Crippen molar-refractivity contribution in [1.82, 2.24) is 0 Å². The average molecular weight is 858 g/mol. The van der Waals surface area contributed by atoms with Crippen molar-refractivity contribution in [3.05, 3.63) is 238 Å². The highest BCUT2D eigenvalue weighted by Crippen LogP contribution is 2.55. The second-order valence-electron chi connectivity index (χ2n) is 19.2. The Hall–Kier alpha value is -6.96. The molecule has 0 aromatic heterocycles. The Morgan fingerprint density at radius 3 is 1.92 bits per heavy atom. The van der Waals surface area contributed by atoms with Crippen LogP contribution in [0.1, 0.15) is 97.0 Å². The second-order valence-corrected chi connectivity index (χ2v) is 19.2. The molecule has 1 atom stereocenters. The first kappa shape index (κ1) is 44.3. The van der Waals surface area contributed by atoms with Crippen molar-refractivity contribution in [1.29, 1.82) is 0 Å². The molecule has 11 rings (SSSR count). The number of nitrogens with zero attached hydrogens (tertiary/aromatic N) is 1. The summed E-state index contributed by atoms with van der Waals surface area (Å²) in [6.45, 7) is 20.2. The smallest absolute Gasteiger partial charge is 0.0543 e. The van der Waals surface area contributed by atoms with E-state index >= 15 is 0 Å². The minimum absolute atomic E-state index is 0.0985. The van der Waals surface area contributed by atoms with Crippen LogP contribution in [0.3, 0.4) is 0 Å². The zero-order chi connectivity index (χ0) is 46.1. The SMILES string of the molecule is CC1=CCc2ccccc2-c2ccc(C)cc21.CCC(C)c1ccc2c(c1)C(C)(C)c1cc(N(c3ccccc3)c3ccc4ccccc4c3)c3ccccc3c1-2.Cc1ccc(C)c(C)c1. The van der Waals surface area contributed by atoms with Gasteiger partial charge in [-0.3, -0.25) is 0 Å². The van der Waals surface area contributed by atoms with Gasteiger partial charge in [0.1, 0.15) is 0 Å². The highest BCUT2D eigenvalue weighted by Gasteiger charge is 2.38. The molecule has 0 amide bonds. The van der Waals surface area contributed by atoms with Crippen molar-refractivity contribution in [2.45, 2.75) is 86.5 Å². The third-order valence-electron chi connectivity index (χ3n) is 14.3. The van der Waals surface area contributed by atoms with Crippen molar-refractivity contribution in [3.63, 3.8) is 0 Å². The molecule has 66 heavy (non-hydrogen) atoms. The molecule has 0 heterocycles. The first-order valence-electron chi connectivity index (χ1n) is 23.9. The summed E-state index contributed by atoms with van der Waals surface area (Å²) < 4.78 is 0. The van der Waals surface area contributed by atoms with Crippen LogP contribution in [0.25, 0.3) is 49.4 Å². The van der Waals surface area contributed by atoms with Crippen LogP contribution in [0.5, 0.6) is 0 Å². The molecule has 0 radical (unpaired) electrons. The molecule has 0 N–H and O–H groups in total. The molecular weight excluding hydrogens is 795 g/mol. The van der Waals surface area contributed by atoms with E-state index in [0.29, 0.717) is 5.92 Å². The number of allylic oxidation sites excluding steroid dienone is 2. The molecular formula is C65H63N. The maximum Gasteiger partial charge on any atom is 0.0543 e. The molecule has 0 saturated carbocycles. The molecule has 9 aromatic rings. The van der Waals surface area contributed by atoms with Gasteiger partial charge in [0.2, 0.25) is 0 Å². The summed E-state index contributed by atoms with van der Waals surface area (Å²) in [5, 5.41) is 5.09. The van der Waals surface area contributed by atoms with Gasteiger partial charge in [-0.1, -0.05) is 197 Å². The standard InChI is InChI=1S/C39H35N.C17H16.C9H12/c1-5-26(2)28-20-22-34-35(24-28)39(3,4)36-25-37(32-17-11-12-18-33(32)38(34)36)40(30-15-7-6-8-16-30)31-21-19-27-13-9-10-14-29(27)23-31;1-12-7-10-16-15-6-4-3-5-14(15)9-8-13(2)17(16)11-12;1-7-4-5-8(2)9(3)6-7/h6-26H,5H2,1-4H3;3-8,10-11H,9H2,1-2H3;4-6H,1-3H3. The van der Waals surface area contributed by atoms with Gasteiger partial charge in [0, 0.05) is 22.2 Å². The lowest BCUT2D eigenvalue weighted by molar-refractivity contribution is 0.655. The van der Waals surface area contributed by atoms with Crippen molar-refractivity contribution in [3.8, 4) is 22.3 Å². The van der Waals surface area contributed by atoms with Gasteiger partial charge in [0.05, 0.1) is 5.69 Å².